The summed E-state index contributed by atoms with van der Waals surface area (Å²) in [5, 5.41) is 9.54. The third-order valence-corrected chi connectivity index (χ3v) is 15.6. The van der Waals surface area contributed by atoms with Crippen molar-refractivity contribution in [1.82, 2.24) is 0 Å². The van der Waals surface area contributed by atoms with Gasteiger partial charge < -0.3 is 0 Å². The average Bonchev–Trinajstić information content (AvgIpc) is 3.32. The van der Waals surface area contributed by atoms with Gasteiger partial charge in [-0.2, -0.15) is 0 Å². The van der Waals surface area contributed by atoms with Crippen LogP contribution in [0.25, 0.3) is 21.5 Å². The Hall–Kier alpha value is -1.74. The van der Waals surface area contributed by atoms with Gasteiger partial charge in [0.25, 0.3) is 0 Å². The largest absolute Gasteiger partial charge is 0.0924 e. The number of fused-ring (bicyclic) bond motifs is 2. The lowest BCUT2D eigenvalue weighted by atomic mass is 10.0. The van der Waals surface area contributed by atoms with E-state index in [-0.39, 0.29) is 7.92 Å². The van der Waals surface area contributed by atoms with Gasteiger partial charge in [-0.1, -0.05) is 148 Å². The molecule has 1 fully saturated rings. The Morgan fingerprint density at radius 1 is 0.622 bits per heavy atom. The lowest BCUT2D eigenvalue weighted by Gasteiger charge is -2.49. The van der Waals surface area contributed by atoms with Crippen LogP contribution >= 0.6 is 15.8 Å². The lowest BCUT2D eigenvalue weighted by molar-refractivity contribution is 0.527. The van der Waals surface area contributed by atoms with E-state index >= 15 is 0 Å². The smallest absolute Gasteiger partial charge is 0.00941 e. The van der Waals surface area contributed by atoms with E-state index in [0.717, 1.165) is 17.2 Å². The van der Waals surface area contributed by atoms with Crippen molar-refractivity contribution in [3.8, 4) is 0 Å². The maximum atomic E-state index is 2.63. The molecule has 0 aromatic heterocycles. The van der Waals surface area contributed by atoms with Crippen LogP contribution in [0.3, 0.4) is 0 Å². The molecule has 194 valence electrons. The fourth-order valence-electron chi connectivity index (χ4n) is 7.60. The first-order chi connectivity index (χ1) is 17.6. The first-order valence-electron chi connectivity index (χ1n) is 14.1. The summed E-state index contributed by atoms with van der Waals surface area (Å²) in [6, 6.07) is 32.3. The van der Waals surface area contributed by atoms with Crippen molar-refractivity contribution in [3.05, 3.63) is 84.9 Å². The van der Waals surface area contributed by atoms with Crippen LogP contribution in [-0.4, -0.2) is 21.6 Å². The monoisotopic (exact) mass is 526 g/mol. The van der Waals surface area contributed by atoms with E-state index in [1.807, 2.05) is 0 Å². The molecular weight excluding hydrogens is 482 g/mol. The summed E-state index contributed by atoms with van der Waals surface area (Å²) in [6.45, 7) is 17.6. The van der Waals surface area contributed by atoms with Crippen LogP contribution in [0, 0.1) is 5.92 Å². The molecule has 0 bridgehead atoms. The fourth-order valence-corrected chi connectivity index (χ4v) is 16.6. The zero-order chi connectivity index (χ0) is 26.4. The van der Waals surface area contributed by atoms with E-state index < -0.39 is 7.92 Å². The zero-order valence-corrected chi connectivity index (χ0v) is 25.6. The SMILES string of the molecule is CC([C@@H]1CCC[C@@H]1P(c1cccc2ccccc12)c1cccc2ccccc12)P(C(C)(C)C)C(C)(C)C. The standard InChI is InChI=1S/C35H44P2/c1-25(37(34(2,3)4)35(5,6)7)28-21-14-24-31(28)36(32-22-12-17-26-15-8-10-19-29(26)32)33-23-13-18-27-16-9-11-20-30(27)33/h8-13,15-20,22-23,25,28,31H,14,21,24H2,1-7H3/t25?,28-,31-/m0/s1. The molecule has 5 rings (SSSR count). The Morgan fingerprint density at radius 3 is 1.57 bits per heavy atom. The molecule has 37 heavy (non-hydrogen) atoms. The van der Waals surface area contributed by atoms with E-state index in [9.17, 15) is 0 Å². The van der Waals surface area contributed by atoms with Crippen LogP contribution in [0.15, 0.2) is 84.9 Å². The van der Waals surface area contributed by atoms with Gasteiger partial charge in [-0.3, -0.25) is 0 Å². The number of rotatable bonds is 5. The first kappa shape index (κ1) is 26.9. The minimum absolute atomic E-state index is 0.163. The highest BCUT2D eigenvalue weighted by atomic mass is 31.1. The van der Waals surface area contributed by atoms with Crippen LogP contribution in [0.4, 0.5) is 0 Å². The van der Waals surface area contributed by atoms with Gasteiger partial charge >= 0.3 is 0 Å². The van der Waals surface area contributed by atoms with Crippen molar-refractivity contribution in [2.45, 2.75) is 89.4 Å². The van der Waals surface area contributed by atoms with Gasteiger partial charge in [0.05, 0.1) is 0 Å². The second kappa shape index (κ2) is 10.4. The van der Waals surface area contributed by atoms with E-state index in [1.54, 1.807) is 10.6 Å². The lowest BCUT2D eigenvalue weighted by Crippen LogP contribution is -2.37. The number of hydrogen-bond acceptors (Lipinski definition) is 0. The van der Waals surface area contributed by atoms with Crippen molar-refractivity contribution in [2.75, 3.05) is 0 Å². The predicted molar refractivity (Wildman–Crippen MR) is 171 cm³/mol. The molecule has 2 heteroatoms. The van der Waals surface area contributed by atoms with Crippen molar-refractivity contribution >= 4 is 48.0 Å². The van der Waals surface area contributed by atoms with Crippen molar-refractivity contribution in [3.63, 3.8) is 0 Å². The molecule has 0 amide bonds. The van der Waals surface area contributed by atoms with Gasteiger partial charge in [-0.25, -0.2) is 0 Å². The molecule has 0 aliphatic heterocycles. The van der Waals surface area contributed by atoms with Gasteiger partial charge in [-0.05, 0) is 80.5 Å². The molecule has 4 aromatic carbocycles. The zero-order valence-electron chi connectivity index (χ0n) is 23.8. The predicted octanol–water partition coefficient (Wildman–Crippen LogP) is 10.1. The maximum absolute atomic E-state index is 2.63. The van der Waals surface area contributed by atoms with Crippen molar-refractivity contribution in [2.24, 2.45) is 5.92 Å². The molecule has 4 aromatic rings. The minimum atomic E-state index is -0.509. The Labute approximate surface area is 227 Å². The highest BCUT2D eigenvalue weighted by molar-refractivity contribution is 7.74. The summed E-state index contributed by atoms with van der Waals surface area (Å²) in [6.07, 6.45) is 4.10. The fraction of sp³-hybridized carbons (Fsp3) is 0.429. The topological polar surface area (TPSA) is 0 Å². The van der Waals surface area contributed by atoms with Gasteiger partial charge in [0.15, 0.2) is 0 Å². The molecule has 0 radical (unpaired) electrons. The second-order valence-electron chi connectivity index (χ2n) is 13.0. The number of benzene rings is 4. The molecular formula is C35H44P2. The molecule has 3 atom stereocenters. The summed E-state index contributed by atoms with van der Waals surface area (Å²) in [4.78, 5) is 0. The van der Waals surface area contributed by atoms with E-state index in [1.165, 1.54) is 40.8 Å². The van der Waals surface area contributed by atoms with Crippen LogP contribution in [0.2, 0.25) is 0 Å². The van der Waals surface area contributed by atoms with Gasteiger partial charge in [-0.15, -0.1) is 0 Å². The molecule has 0 spiro atoms. The molecule has 1 unspecified atom stereocenters. The normalized spacial score (nSPS) is 19.8. The molecule has 0 heterocycles. The maximum Gasteiger partial charge on any atom is -0.00941 e. The van der Waals surface area contributed by atoms with E-state index in [0.29, 0.717) is 10.3 Å². The summed E-state index contributed by atoms with van der Waals surface area (Å²) >= 11 is 0. The molecule has 0 saturated heterocycles. The summed E-state index contributed by atoms with van der Waals surface area (Å²) in [5.41, 5.74) is 1.47. The molecule has 1 saturated carbocycles. The Bertz CT molecular complexity index is 1270. The highest BCUT2D eigenvalue weighted by Crippen LogP contribution is 2.67. The first-order valence-corrected chi connectivity index (χ1v) is 16.9. The molecule has 0 nitrogen and oxygen atoms in total. The van der Waals surface area contributed by atoms with Gasteiger partial charge in [0.1, 0.15) is 0 Å². The van der Waals surface area contributed by atoms with E-state index in [2.05, 4.69) is 133 Å². The van der Waals surface area contributed by atoms with Crippen molar-refractivity contribution in [1.29, 1.82) is 0 Å². The van der Waals surface area contributed by atoms with Gasteiger partial charge in [0, 0.05) is 0 Å². The molecule has 1 aliphatic carbocycles. The van der Waals surface area contributed by atoms with Crippen LogP contribution in [-0.2, 0) is 0 Å². The Kier molecular flexibility index (Phi) is 7.57. The molecule has 1 aliphatic rings. The summed E-state index contributed by atoms with van der Waals surface area (Å²) in [7, 11) is -0.672. The van der Waals surface area contributed by atoms with Gasteiger partial charge in [0.2, 0.25) is 0 Å². The van der Waals surface area contributed by atoms with E-state index in [4.69, 9.17) is 0 Å². The summed E-state index contributed by atoms with van der Waals surface area (Å²) < 4.78 is 0. The third kappa shape index (κ3) is 5.27. The third-order valence-electron chi connectivity index (χ3n) is 8.39. The highest BCUT2D eigenvalue weighted by Gasteiger charge is 2.46. The Balaban J connectivity index is 1.70. The molecule has 0 N–H and O–H groups in total. The Morgan fingerprint density at radius 2 is 1.08 bits per heavy atom. The minimum Gasteiger partial charge on any atom is -0.0924 e. The second-order valence-corrected chi connectivity index (χ2v) is 19.6. The summed E-state index contributed by atoms with van der Waals surface area (Å²) in [5.74, 6) is 0.772. The number of hydrogen-bond donors (Lipinski definition) is 0. The quantitative estimate of drug-likeness (QED) is 0.227. The van der Waals surface area contributed by atoms with Crippen LogP contribution < -0.4 is 10.6 Å². The van der Waals surface area contributed by atoms with Crippen LogP contribution in [0.1, 0.15) is 67.7 Å². The average molecular weight is 527 g/mol. The van der Waals surface area contributed by atoms with Crippen LogP contribution in [0.5, 0.6) is 0 Å². The van der Waals surface area contributed by atoms with Crippen molar-refractivity contribution < 1.29 is 0 Å².